The van der Waals surface area contributed by atoms with E-state index in [4.69, 9.17) is 5.73 Å². The summed E-state index contributed by atoms with van der Waals surface area (Å²) in [5, 5.41) is 0. The van der Waals surface area contributed by atoms with Crippen LogP contribution in [0.4, 0.5) is 0 Å². The number of carbonyl (C=O) groups is 1. The van der Waals surface area contributed by atoms with Crippen LogP contribution in [0.3, 0.4) is 0 Å². The van der Waals surface area contributed by atoms with Crippen LogP contribution in [0.25, 0.3) is 0 Å². The van der Waals surface area contributed by atoms with Gasteiger partial charge < -0.3 is 10.6 Å². The minimum absolute atomic E-state index is 0.379. The average molecular weight is 268 g/mol. The van der Waals surface area contributed by atoms with Gasteiger partial charge in [0, 0.05) is 19.0 Å². The van der Waals surface area contributed by atoms with E-state index in [1.54, 1.807) is 0 Å². The summed E-state index contributed by atoms with van der Waals surface area (Å²) in [5.74, 6) is 1.02. The minimum atomic E-state index is 0.379. The predicted octanol–water partition coefficient (Wildman–Crippen LogP) is 3.32. The molecule has 1 aliphatic heterocycles. The van der Waals surface area contributed by atoms with Gasteiger partial charge in [-0.25, -0.2) is 0 Å². The van der Waals surface area contributed by atoms with Gasteiger partial charge in [-0.1, -0.05) is 26.7 Å². The molecule has 2 unspecified atom stereocenters. The van der Waals surface area contributed by atoms with Crippen molar-refractivity contribution >= 4 is 5.91 Å². The van der Waals surface area contributed by atoms with Crippen LogP contribution < -0.4 is 5.73 Å². The van der Waals surface area contributed by atoms with Crippen molar-refractivity contribution in [3.8, 4) is 0 Å². The maximum atomic E-state index is 12.4. The Morgan fingerprint density at radius 2 is 2.05 bits per heavy atom. The highest BCUT2D eigenvalue weighted by Gasteiger charge is 2.25. The zero-order valence-corrected chi connectivity index (χ0v) is 12.9. The second kappa shape index (κ2) is 9.35. The van der Waals surface area contributed by atoms with Gasteiger partial charge in [0.25, 0.3) is 0 Å². The molecular weight excluding hydrogens is 236 g/mol. The Hall–Kier alpha value is -0.570. The summed E-state index contributed by atoms with van der Waals surface area (Å²) in [7, 11) is 0. The van der Waals surface area contributed by atoms with Crippen LogP contribution in [0.2, 0.25) is 0 Å². The molecule has 1 saturated heterocycles. The summed E-state index contributed by atoms with van der Waals surface area (Å²) in [6.45, 7) is 6.14. The quantitative estimate of drug-likeness (QED) is 0.734. The third-order valence-corrected chi connectivity index (χ3v) is 4.46. The zero-order chi connectivity index (χ0) is 14.1. The van der Waals surface area contributed by atoms with Gasteiger partial charge in [-0.3, -0.25) is 4.79 Å². The fraction of sp³-hybridized carbons (Fsp3) is 0.938. The lowest BCUT2D eigenvalue weighted by Crippen LogP contribution is -2.43. The first kappa shape index (κ1) is 16.5. The lowest BCUT2D eigenvalue weighted by molar-refractivity contribution is -0.135. The summed E-state index contributed by atoms with van der Waals surface area (Å²) < 4.78 is 0. The fourth-order valence-corrected chi connectivity index (χ4v) is 3.30. The van der Waals surface area contributed by atoms with Crippen LogP contribution in [-0.4, -0.2) is 29.9 Å². The molecule has 3 nitrogen and oxygen atoms in total. The van der Waals surface area contributed by atoms with Gasteiger partial charge in [0.15, 0.2) is 0 Å². The molecule has 1 heterocycles. The highest BCUT2D eigenvalue weighted by atomic mass is 16.2. The van der Waals surface area contributed by atoms with Crippen LogP contribution in [-0.2, 0) is 4.79 Å². The number of likely N-dealkylation sites (tertiary alicyclic amines) is 1. The summed E-state index contributed by atoms with van der Waals surface area (Å²) in [4.78, 5) is 14.5. The molecule has 0 aromatic heterocycles. The van der Waals surface area contributed by atoms with E-state index in [1.807, 2.05) is 0 Å². The summed E-state index contributed by atoms with van der Waals surface area (Å²) >= 11 is 0. The van der Waals surface area contributed by atoms with Crippen LogP contribution in [0.5, 0.6) is 0 Å². The van der Waals surface area contributed by atoms with E-state index in [0.717, 1.165) is 38.8 Å². The van der Waals surface area contributed by atoms with E-state index < -0.39 is 0 Å². The third-order valence-electron chi connectivity index (χ3n) is 4.46. The van der Waals surface area contributed by atoms with E-state index in [9.17, 15) is 4.79 Å². The minimum Gasteiger partial charge on any atom is -0.340 e. The fourth-order valence-electron chi connectivity index (χ4n) is 3.30. The number of piperidine rings is 1. The second-order valence-electron chi connectivity index (χ2n) is 5.92. The molecule has 2 N–H and O–H groups in total. The Balaban J connectivity index is 2.39. The lowest BCUT2D eigenvalue weighted by Gasteiger charge is -2.35. The topological polar surface area (TPSA) is 46.3 Å². The van der Waals surface area contributed by atoms with E-state index >= 15 is 0 Å². The largest absolute Gasteiger partial charge is 0.340 e. The molecule has 3 heteroatoms. The van der Waals surface area contributed by atoms with Crippen molar-refractivity contribution in [2.45, 2.75) is 77.7 Å². The molecule has 1 aliphatic rings. The molecule has 2 atom stereocenters. The van der Waals surface area contributed by atoms with Gasteiger partial charge in [0.2, 0.25) is 5.91 Å². The average Bonchev–Trinajstić information content (AvgIpc) is 2.44. The normalized spacial score (nSPS) is 21.4. The van der Waals surface area contributed by atoms with Crippen LogP contribution in [0.1, 0.15) is 71.6 Å². The molecule has 0 spiro atoms. The first-order valence-corrected chi connectivity index (χ1v) is 8.22. The maximum absolute atomic E-state index is 12.4. The van der Waals surface area contributed by atoms with E-state index in [0.29, 0.717) is 17.9 Å². The Morgan fingerprint density at radius 1 is 1.26 bits per heavy atom. The zero-order valence-electron chi connectivity index (χ0n) is 12.9. The molecule has 0 saturated carbocycles. The molecule has 0 aromatic carbocycles. The van der Waals surface area contributed by atoms with Gasteiger partial charge in [0.05, 0.1) is 0 Å². The SMILES string of the molecule is CCCC(CCN)CCC(=O)N1CCCCC1CC. The van der Waals surface area contributed by atoms with E-state index in [-0.39, 0.29) is 0 Å². The number of nitrogens with two attached hydrogens (primary N) is 1. The molecule has 19 heavy (non-hydrogen) atoms. The molecule has 0 aliphatic carbocycles. The van der Waals surface area contributed by atoms with Crippen LogP contribution >= 0.6 is 0 Å². The van der Waals surface area contributed by atoms with Crippen molar-refractivity contribution in [3.63, 3.8) is 0 Å². The van der Waals surface area contributed by atoms with Gasteiger partial charge in [0.1, 0.15) is 0 Å². The first-order valence-electron chi connectivity index (χ1n) is 8.22. The maximum Gasteiger partial charge on any atom is 0.222 e. The number of hydrogen-bond acceptors (Lipinski definition) is 2. The third kappa shape index (κ3) is 5.52. The highest BCUT2D eigenvalue weighted by molar-refractivity contribution is 5.76. The summed E-state index contributed by atoms with van der Waals surface area (Å²) in [6, 6.07) is 0.500. The van der Waals surface area contributed by atoms with E-state index in [1.165, 1.54) is 32.1 Å². The smallest absolute Gasteiger partial charge is 0.222 e. The van der Waals surface area contributed by atoms with Gasteiger partial charge in [-0.2, -0.15) is 0 Å². The molecule has 1 rings (SSSR count). The van der Waals surface area contributed by atoms with Crippen molar-refractivity contribution < 1.29 is 4.79 Å². The highest BCUT2D eigenvalue weighted by Crippen LogP contribution is 2.23. The number of hydrogen-bond donors (Lipinski definition) is 1. The summed E-state index contributed by atoms with van der Waals surface area (Å²) in [6.07, 6.45) is 9.99. The molecule has 112 valence electrons. The van der Waals surface area contributed by atoms with Crippen molar-refractivity contribution in [1.82, 2.24) is 4.90 Å². The monoisotopic (exact) mass is 268 g/mol. The molecule has 1 fully saturated rings. The molecule has 0 radical (unpaired) electrons. The molecular formula is C16H32N2O. The number of amides is 1. The Morgan fingerprint density at radius 3 is 2.68 bits per heavy atom. The molecule has 0 bridgehead atoms. The number of carbonyl (C=O) groups excluding carboxylic acids is 1. The molecule has 1 amide bonds. The van der Waals surface area contributed by atoms with Crippen molar-refractivity contribution in [2.24, 2.45) is 11.7 Å². The van der Waals surface area contributed by atoms with Crippen molar-refractivity contribution in [3.05, 3.63) is 0 Å². The van der Waals surface area contributed by atoms with Crippen molar-refractivity contribution in [2.75, 3.05) is 13.1 Å². The van der Waals surface area contributed by atoms with Crippen molar-refractivity contribution in [1.29, 1.82) is 0 Å². The predicted molar refractivity (Wildman–Crippen MR) is 80.9 cm³/mol. The second-order valence-corrected chi connectivity index (χ2v) is 5.92. The van der Waals surface area contributed by atoms with Gasteiger partial charge >= 0.3 is 0 Å². The Labute approximate surface area is 118 Å². The first-order chi connectivity index (χ1) is 9.22. The number of nitrogens with zero attached hydrogens (tertiary/aromatic N) is 1. The van der Waals surface area contributed by atoms with E-state index in [2.05, 4.69) is 18.7 Å². The summed E-state index contributed by atoms with van der Waals surface area (Å²) in [5.41, 5.74) is 5.66. The van der Waals surface area contributed by atoms with Crippen LogP contribution in [0.15, 0.2) is 0 Å². The number of rotatable bonds is 8. The Kier molecular flexibility index (Phi) is 8.11. The molecule has 0 aromatic rings. The Bertz CT molecular complexity index is 249. The lowest BCUT2D eigenvalue weighted by atomic mass is 9.93. The van der Waals surface area contributed by atoms with Gasteiger partial charge in [-0.05, 0) is 51.0 Å². The van der Waals surface area contributed by atoms with Crippen LogP contribution in [0, 0.1) is 5.92 Å². The standard InChI is InChI=1S/C16H32N2O/c1-3-7-14(11-12-17)9-10-16(19)18-13-6-5-8-15(18)4-2/h14-15H,3-13,17H2,1-2H3. The van der Waals surface area contributed by atoms with Gasteiger partial charge in [-0.15, -0.1) is 0 Å².